The van der Waals surface area contributed by atoms with E-state index in [1.54, 1.807) is 36.4 Å². The maximum Gasteiger partial charge on any atom is 0.257 e. The van der Waals surface area contributed by atoms with E-state index in [1.165, 1.54) is 10.4 Å². The highest BCUT2D eigenvalue weighted by molar-refractivity contribution is 7.89. The van der Waals surface area contributed by atoms with Gasteiger partial charge in [0.25, 0.3) is 5.91 Å². The fourth-order valence-corrected chi connectivity index (χ4v) is 5.62. The van der Waals surface area contributed by atoms with Crippen LogP contribution in [-0.2, 0) is 14.8 Å². The molecule has 2 aliphatic rings. The van der Waals surface area contributed by atoms with Crippen molar-refractivity contribution in [1.82, 2.24) is 4.31 Å². The number of hydrogen-bond donors (Lipinski definition) is 1. The molecule has 0 radical (unpaired) electrons. The third-order valence-electron chi connectivity index (χ3n) is 5.80. The fraction of sp³-hybridized carbons (Fsp3) is 0.375. The molecule has 32 heavy (non-hydrogen) atoms. The molecule has 0 atom stereocenters. The smallest absolute Gasteiger partial charge is 0.257 e. The van der Waals surface area contributed by atoms with Crippen molar-refractivity contribution >= 4 is 27.3 Å². The number of nitrogens with one attached hydrogen (secondary N) is 1. The maximum atomic E-state index is 13.3. The Balaban J connectivity index is 1.70. The monoisotopic (exact) mass is 453 g/mol. The summed E-state index contributed by atoms with van der Waals surface area (Å²) in [6.45, 7) is 3.39. The first kappa shape index (κ1) is 22.3. The summed E-state index contributed by atoms with van der Waals surface area (Å²) in [7, 11) is -3.67. The first-order chi connectivity index (χ1) is 15.5. The lowest BCUT2D eigenvalue weighted by Gasteiger charge is -2.31. The van der Waals surface area contributed by atoms with Crippen molar-refractivity contribution in [3.63, 3.8) is 0 Å². The molecule has 1 N–H and O–H groups in total. The minimum absolute atomic E-state index is 0.138. The van der Waals surface area contributed by atoms with Crippen LogP contribution >= 0.6 is 0 Å². The number of carbonyl (C=O) groups is 1. The molecule has 2 aliphatic heterocycles. The van der Waals surface area contributed by atoms with Crippen LogP contribution < -0.4 is 10.2 Å². The maximum absolute atomic E-state index is 13.3. The number of hydrogen-bond acceptors (Lipinski definition) is 5. The van der Waals surface area contributed by atoms with Crippen LogP contribution in [0.4, 0.5) is 11.4 Å². The van der Waals surface area contributed by atoms with Crippen LogP contribution in [0.1, 0.15) is 35.2 Å². The number of sulfonamides is 1. The third-order valence-corrected chi connectivity index (χ3v) is 7.70. The van der Waals surface area contributed by atoms with E-state index in [4.69, 9.17) is 11.2 Å². The van der Waals surface area contributed by atoms with Crippen molar-refractivity contribution in [2.45, 2.75) is 24.2 Å². The minimum Gasteiger partial charge on any atom is -0.378 e. The normalized spacial score (nSPS) is 17.5. The lowest BCUT2D eigenvalue weighted by molar-refractivity contribution is 0.102. The molecule has 0 aliphatic carbocycles. The molecule has 0 aromatic heterocycles. The molecule has 0 saturated carbocycles. The van der Waals surface area contributed by atoms with Crippen LogP contribution in [0, 0.1) is 12.3 Å². The Kier molecular flexibility index (Phi) is 6.80. The van der Waals surface area contributed by atoms with Crippen LogP contribution in [-0.4, -0.2) is 58.0 Å². The van der Waals surface area contributed by atoms with E-state index in [9.17, 15) is 13.2 Å². The molecule has 0 unspecified atom stereocenters. The zero-order valence-corrected chi connectivity index (χ0v) is 18.7. The van der Waals surface area contributed by atoms with E-state index in [0.717, 1.165) is 19.3 Å². The van der Waals surface area contributed by atoms with Gasteiger partial charge >= 0.3 is 0 Å². The Labute approximate surface area is 189 Å². The summed E-state index contributed by atoms with van der Waals surface area (Å²) in [6.07, 6.45) is 8.20. The van der Waals surface area contributed by atoms with Gasteiger partial charge in [0.05, 0.1) is 23.7 Å². The number of morpholine rings is 1. The summed E-state index contributed by atoms with van der Waals surface area (Å²) in [5.74, 6) is 2.17. The summed E-state index contributed by atoms with van der Waals surface area (Å²) in [4.78, 5) is 15.5. The second-order valence-electron chi connectivity index (χ2n) is 7.92. The van der Waals surface area contributed by atoms with Gasteiger partial charge in [-0.1, -0.05) is 18.4 Å². The van der Waals surface area contributed by atoms with E-state index in [0.29, 0.717) is 61.9 Å². The van der Waals surface area contributed by atoms with Gasteiger partial charge in [-0.05, 0) is 49.2 Å². The topological polar surface area (TPSA) is 79.0 Å². The lowest BCUT2D eigenvalue weighted by atomic mass is 10.1. The molecule has 2 saturated heterocycles. The van der Waals surface area contributed by atoms with Crippen molar-refractivity contribution in [3.05, 3.63) is 53.6 Å². The van der Waals surface area contributed by atoms with Gasteiger partial charge in [0, 0.05) is 43.1 Å². The zero-order valence-electron chi connectivity index (χ0n) is 17.9. The molecule has 0 bridgehead atoms. The van der Waals surface area contributed by atoms with Gasteiger partial charge < -0.3 is 15.0 Å². The molecule has 2 heterocycles. The van der Waals surface area contributed by atoms with E-state index in [2.05, 4.69) is 11.2 Å². The number of carbonyl (C=O) groups excluding carboxylic acids is 1. The predicted octanol–water partition coefficient (Wildman–Crippen LogP) is 2.93. The van der Waals surface area contributed by atoms with E-state index in [1.807, 2.05) is 4.90 Å². The van der Waals surface area contributed by atoms with E-state index in [-0.39, 0.29) is 10.8 Å². The number of nitrogens with zero attached hydrogens (tertiary/aromatic N) is 2. The van der Waals surface area contributed by atoms with Crippen LogP contribution in [0.15, 0.2) is 47.4 Å². The molecule has 7 nitrogen and oxygen atoms in total. The number of terminal acetylenes is 1. The van der Waals surface area contributed by atoms with Crippen molar-refractivity contribution in [1.29, 1.82) is 0 Å². The standard InChI is InChI=1S/C24H27N3O4S/c1-2-19-7-6-8-20(17-19)25-24(28)22-18-21(32(29,30)27-11-4-3-5-12-27)9-10-23(22)26-13-15-31-16-14-26/h1,6-10,17-18H,3-5,11-16H2,(H,25,28). The number of rotatable bonds is 5. The summed E-state index contributed by atoms with van der Waals surface area (Å²) in [5, 5.41) is 2.87. The largest absolute Gasteiger partial charge is 0.378 e. The Hall–Kier alpha value is -2.86. The van der Waals surface area contributed by atoms with Crippen molar-refractivity contribution < 1.29 is 17.9 Å². The first-order valence-electron chi connectivity index (χ1n) is 10.8. The molecule has 168 valence electrons. The van der Waals surface area contributed by atoms with E-state index >= 15 is 0 Å². The minimum atomic E-state index is -3.67. The molecule has 8 heteroatoms. The Morgan fingerprint density at radius 1 is 1.00 bits per heavy atom. The summed E-state index contributed by atoms with van der Waals surface area (Å²) >= 11 is 0. The molecular weight excluding hydrogens is 426 g/mol. The van der Waals surface area contributed by atoms with Gasteiger partial charge in [-0.15, -0.1) is 6.42 Å². The van der Waals surface area contributed by atoms with Crippen molar-refractivity contribution in [2.24, 2.45) is 0 Å². The van der Waals surface area contributed by atoms with Gasteiger partial charge in [-0.2, -0.15) is 4.31 Å². The number of amides is 1. The molecule has 1 amide bonds. The van der Waals surface area contributed by atoms with Gasteiger partial charge in [-0.3, -0.25) is 4.79 Å². The second kappa shape index (κ2) is 9.74. The molecule has 2 aromatic carbocycles. The summed E-state index contributed by atoms with van der Waals surface area (Å²) < 4.78 is 33.4. The Morgan fingerprint density at radius 2 is 1.75 bits per heavy atom. The average molecular weight is 454 g/mol. The highest BCUT2D eigenvalue weighted by Gasteiger charge is 2.28. The molecule has 4 rings (SSSR count). The van der Waals surface area contributed by atoms with Gasteiger partial charge in [0.15, 0.2) is 0 Å². The zero-order chi connectivity index (χ0) is 22.6. The number of benzene rings is 2. The van der Waals surface area contributed by atoms with E-state index < -0.39 is 10.0 Å². The van der Waals surface area contributed by atoms with Crippen molar-refractivity contribution in [3.8, 4) is 12.3 Å². The lowest BCUT2D eigenvalue weighted by Crippen LogP contribution is -2.38. The van der Waals surface area contributed by atoms with Gasteiger partial charge in [0.1, 0.15) is 0 Å². The Morgan fingerprint density at radius 3 is 2.47 bits per heavy atom. The quantitative estimate of drug-likeness (QED) is 0.705. The first-order valence-corrected chi connectivity index (χ1v) is 12.3. The van der Waals surface area contributed by atoms with Gasteiger partial charge in [0.2, 0.25) is 10.0 Å². The Bertz CT molecular complexity index is 1130. The molecule has 0 spiro atoms. The molecule has 2 aromatic rings. The number of piperidine rings is 1. The number of ether oxygens (including phenoxy) is 1. The average Bonchev–Trinajstić information content (AvgIpc) is 2.85. The number of anilines is 2. The fourth-order valence-electron chi connectivity index (χ4n) is 4.08. The SMILES string of the molecule is C#Cc1cccc(NC(=O)c2cc(S(=O)(=O)N3CCCCC3)ccc2N2CCOCC2)c1. The second-order valence-corrected chi connectivity index (χ2v) is 9.86. The summed E-state index contributed by atoms with van der Waals surface area (Å²) in [5.41, 5.74) is 2.22. The highest BCUT2D eigenvalue weighted by atomic mass is 32.2. The third kappa shape index (κ3) is 4.80. The van der Waals surface area contributed by atoms with Crippen LogP contribution in [0.25, 0.3) is 0 Å². The van der Waals surface area contributed by atoms with Crippen LogP contribution in [0.2, 0.25) is 0 Å². The molecular formula is C24H27N3O4S. The molecule has 2 fully saturated rings. The van der Waals surface area contributed by atoms with Crippen LogP contribution in [0.5, 0.6) is 0 Å². The summed E-state index contributed by atoms with van der Waals surface area (Å²) in [6, 6.07) is 11.8. The van der Waals surface area contributed by atoms with Gasteiger partial charge in [-0.25, -0.2) is 8.42 Å². The highest BCUT2D eigenvalue weighted by Crippen LogP contribution is 2.29. The predicted molar refractivity (Wildman–Crippen MR) is 124 cm³/mol. The van der Waals surface area contributed by atoms with Crippen LogP contribution in [0.3, 0.4) is 0 Å². The van der Waals surface area contributed by atoms with Crippen molar-refractivity contribution in [2.75, 3.05) is 49.6 Å².